The van der Waals surface area contributed by atoms with Crippen LogP contribution in [0.4, 0.5) is 13.2 Å². The second-order valence-electron chi connectivity index (χ2n) is 9.12. The van der Waals surface area contributed by atoms with E-state index in [-0.39, 0.29) is 12.5 Å². The first-order chi connectivity index (χ1) is 16.1. The van der Waals surface area contributed by atoms with Gasteiger partial charge in [-0.15, -0.1) is 10.2 Å². The summed E-state index contributed by atoms with van der Waals surface area (Å²) in [6.45, 7) is 3.47. The Kier molecular flexibility index (Phi) is 6.74. The number of nitrogens with one attached hydrogen (secondary N) is 1. The van der Waals surface area contributed by atoms with Crippen LogP contribution in [0.1, 0.15) is 56.2 Å². The molecule has 0 aliphatic heterocycles. The number of aromatic nitrogens is 3. The van der Waals surface area contributed by atoms with Gasteiger partial charge in [0.25, 0.3) is 0 Å². The van der Waals surface area contributed by atoms with Gasteiger partial charge in [-0.1, -0.05) is 49.4 Å². The fraction of sp³-hybridized carbons (Fsp3) is 0.500. The Bertz CT molecular complexity index is 1180. The first kappa shape index (κ1) is 24.7. The first-order valence-electron chi connectivity index (χ1n) is 11.5. The zero-order chi connectivity index (χ0) is 24.6. The van der Waals surface area contributed by atoms with Crippen LogP contribution >= 0.6 is 0 Å². The monoisotopic (exact) mass is 494 g/mol. The molecule has 1 fully saturated rings. The number of allylic oxidation sites excluding steroid dienone is 3. The number of hydrogen-bond donors (Lipinski definition) is 1. The minimum Gasteiger partial charge on any atom is -0.317 e. The van der Waals surface area contributed by atoms with Gasteiger partial charge < -0.3 is 4.57 Å². The fourth-order valence-corrected chi connectivity index (χ4v) is 7.27. The minimum atomic E-state index is -4.99. The van der Waals surface area contributed by atoms with Gasteiger partial charge in [-0.3, -0.25) is 0 Å². The summed E-state index contributed by atoms with van der Waals surface area (Å²) >= 11 is 0. The predicted octanol–water partition coefficient (Wildman–Crippen LogP) is 4.97. The van der Waals surface area contributed by atoms with E-state index in [2.05, 4.69) is 14.9 Å². The van der Waals surface area contributed by atoms with E-state index in [4.69, 9.17) is 0 Å². The van der Waals surface area contributed by atoms with E-state index in [1.807, 2.05) is 31.2 Å². The molecule has 34 heavy (non-hydrogen) atoms. The lowest BCUT2D eigenvalue weighted by molar-refractivity contribution is -0.158. The van der Waals surface area contributed by atoms with E-state index in [1.54, 1.807) is 24.1 Å². The van der Waals surface area contributed by atoms with Gasteiger partial charge >= 0.3 is 6.18 Å². The van der Waals surface area contributed by atoms with Crippen molar-refractivity contribution < 1.29 is 21.6 Å². The Balaban J connectivity index is 1.67. The number of rotatable bonds is 6. The molecule has 4 rings (SSSR count). The van der Waals surface area contributed by atoms with Crippen molar-refractivity contribution in [2.24, 2.45) is 5.92 Å². The minimum absolute atomic E-state index is 0.0220. The fourth-order valence-electron chi connectivity index (χ4n) is 5.23. The van der Waals surface area contributed by atoms with Crippen LogP contribution in [0.2, 0.25) is 0 Å². The van der Waals surface area contributed by atoms with E-state index in [1.165, 1.54) is 12.2 Å². The quantitative estimate of drug-likeness (QED) is 0.615. The van der Waals surface area contributed by atoms with Gasteiger partial charge in [0.15, 0.2) is 0 Å². The van der Waals surface area contributed by atoms with Gasteiger partial charge in [0.2, 0.25) is 14.8 Å². The molecular formula is C24H29F3N4O2S. The Morgan fingerprint density at radius 1 is 1.18 bits per heavy atom. The number of aryl methyl sites for hydroxylation is 1. The maximum absolute atomic E-state index is 14.7. The summed E-state index contributed by atoms with van der Waals surface area (Å²) in [6, 6.07) is 6.72. The zero-order valence-electron chi connectivity index (χ0n) is 19.2. The second kappa shape index (κ2) is 9.30. The van der Waals surface area contributed by atoms with Crippen molar-refractivity contribution in [1.82, 2.24) is 19.5 Å². The van der Waals surface area contributed by atoms with E-state index >= 15 is 0 Å². The second-order valence-corrected chi connectivity index (χ2v) is 11.0. The molecule has 1 aromatic heterocycles. The Morgan fingerprint density at radius 3 is 2.53 bits per heavy atom. The molecule has 0 saturated heterocycles. The van der Waals surface area contributed by atoms with Gasteiger partial charge in [-0.25, -0.2) is 13.1 Å². The summed E-state index contributed by atoms with van der Waals surface area (Å²) in [5, 5.41) is 7.57. The third kappa shape index (κ3) is 4.33. The third-order valence-electron chi connectivity index (χ3n) is 7.05. The Labute approximate surface area is 198 Å². The zero-order valence-corrected chi connectivity index (χ0v) is 20.0. The van der Waals surface area contributed by atoms with Gasteiger partial charge in [-0.05, 0) is 55.7 Å². The third-order valence-corrected chi connectivity index (χ3v) is 9.26. The highest BCUT2D eigenvalue weighted by molar-refractivity contribution is 7.91. The molecule has 0 bridgehead atoms. The van der Waals surface area contributed by atoms with Gasteiger partial charge in [0, 0.05) is 18.0 Å². The van der Waals surface area contributed by atoms with Crippen LogP contribution in [0.3, 0.4) is 0 Å². The van der Waals surface area contributed by atoms with Gasteiger partial charge in [0.1, 0.15) is 12.7 Å². The molecular weight excluding hydrogens is 465 g/mol. The number of nitrogens with zero attached hydrogens (tertiary/aromatic N) is 3. The molecule has 1 saturated carbocycles. The molecule has 1 aromatic carbocycles. The molecule has 184 valence electrons. The largest absolute Gasteiger partial charge is 0.413 e. The molecule has 0 radical (unpaired) electrons. The molecule has 2 aliphatic rings. The molecule has 10 heteroatoms. The highest BCUT2D eigenvalue weighted by Crippen LogP contribution is 2.49. The van der Waals surface area contributed by atoms with Crippen LogP contribution in [0.25, 0.3) is 5.57 Å². The molecule has 1 N–H and O–H groups in total. The number of hydrogen-bond acceptors (Lipinski definition) is 4. The number of benzene rings is 1. The van der Waals surface area contributed by atoms with Crippen LogP contribution in [0.5, 0.6) is 0 Å². The average Bonchev–Trinajstić information content (AvgIpc) is 3.33. The number of alkyl halides is 3. The van der Waals surface area contributed by atoms with Crippen LogP contribution < -0.4 is 4.72 Å². The van der Waals surface area contributed by atoms with Gasteiger partial charge in [0.05, 0.1) is 0 Å². The molecule has 1 heterocycles. The van der Waals surface area contributed by atoms with Crippen molar-refractivity contribution >= 4 is 15.6 Å². The summed E-state index contributed by atoms with van der Waals surface area (Å²) in [5.41, 5.74) is 2.31. The molecule has 0 spiro atoms. The van der Waals surface area contributed by atoms with E-state index in [0.29, 0.717) is 24.8 Å². The lowest BCUT2D eigenvalue weighted by Crippen LogP contribution is -2.61. The van der Waals surface area contributed by atoms with Crippen molar-refractivity contribution in [2.75, 3.05) is 0 Å². The molecule has 2 aliphatic carbocycles. The summed E-state index contributed by atoms with van der Waals surface area (Å²) in [5.74, 6) is -1.26. The predicted molar refractivity (Wildman–Crippen MR) is 124 cm³/mol. The number of halogens is 3. The van der Waals surface area contributed by atoms with Crippen molar-refractivity contribution in [2.45, 2.75) is 69.0 Å². The molecule has 6 nitrogen and oxygen atoms in total. The average molecular weight is 495 g/mol. The normalized spacial score (nSPS) is 28.0. The highest BCUT2D eigenvalue weighted by atomic mass is 32.2. The standard InChI is InChI=1S/C24H29F3N4O2S/c1-3-19-13-18(22-10-5-4-7-17(22)2)11-12-23(19,24(25,26)27)34(32,33)30-20-8-6-9-21(14-20)31-15-28-29-16-31/h4-5,7,10-13,15-16,19-21,30H,3,6,8-9,14H2,1-2H3/t19?,20-,21+,23?/m0/s1. The topological polar surface area (TPSA) is 76.9 Å². The smallest absolute Gasteiger partial charge is 0.317 e. The summed E-state index contributed by atoms with van der Waals surface area (Å²) in [6.07, 6.45) is 4.11. The van der Waals surface area contributed by atoms with Crippen molar-refractivity contribution in [3.63, 3.8) is 0 Å². The van der Waals surface area contributed by atoms with Crippen molar-refractivity contribution in [1.29, 1.82) is 0 Å². The van der Waals surface area contributed by atoms with Crippen molar-refractivity contribution in [3.8, 4) is 0 Å². The van der Waals surface area contributed by atoms with E-state index in [0.717, 1.165) is 23.6 Å². The summed E-state index contributed by atoms with van der Waals surface area (Å²) in [7, 11) is -4.82. The lowest BCUT2D eigenvalue weighted by Gasteiger charge is -2.41. The van der Waals surface area contributed by atoms with Crippen LogP contribution in [-0.4, -0.2) is 40.1 Å². The van der Waals surface area contributed by atoms with Gasteiger partial charge in [-0.2, -0.15) is 13.2 Å². The molecule has 4 atom stereocenters. The first-order valence-corrected chi connectivity index (χ1v) is 13.0. The van der Waals surface area contributed by atoms with E-state index < -0.39 is 32.9 Å². The Hall–Kier alpha value is -2.46. The molecule has 2 unspecified atom stereocenters. The SMILES string of the molecule is CCC1C=C(c2ccccc2C)C=CC1(C(F)(F)F)S(=O)(=O)N[C@H]1CCC[C@@H](n2cnnc2)C1. The van der Waals surface area contributed by atoms with Crippen LogP contribution in [0.15, 0.2) is 55.1 Å². The maximum Gasteiger partial charge on any atom is 0.413 e. The Morgan fingerprint density at radius 2 is 1.88 bits per heavy atom. The molecule has 0 amide bonds. The van der Waals surface area contributed by atoms with Crippen LogP contribution in [-0.2, 0) is 10.0 Å². The van der Waals surface area contributed by atoms with E-state index in [9.17, 15) is 21.6 Å². The van der Waals surface area contributed by atoms with Crippen molar-refractivity contribution in [3.05, 3.63) is 66.3 Å². The lowest BCUT2D eigenvalue weighted by atomic mass is 9.80. The number of sulfonamides is 1. The van der Waals surface area contributed by atoms with Crippen LogP contribution in [0, 0.1) is 12.8 Å². The summed E-state index contributed by atoms with van der Waals surface area (Å²) < 4.78 is 72.3. The highest BCUT2D eigenvalue weighted by Gasteiger charge is 2.66. The molecule has 2 aromatic rings. The maximum atomic E-state index is 14.7. The summed E-state index contributed by atoms with van der Waals surface area (Å²) in [4.78, 5) is 0.